The van der Waals surface area contributed by atoms with Gasteiger partial charge in [0, 0.05) is 15.2 Å². The molecular weight excluding hydrogens is 530 g/mol. The zero-order valence-corrected chi connectivity index (χ0v) is 19.9. The van der Waals surface area contributed by atoms with Crippen LogP contribution < -0.4 is 4.72 Å². The third kappa shape index (κ3) is 4.90. The molecule has 0 heterocycles. The minimum absolute atomic E-state index is 0.0555. The summed E-state index contributed by atoms with van der Waals surface area (Å²) in [6, 6.07) is 20.5. The minimum Gasteiger partial charge on any atom is -0.505 e. The van der Waals surface area contributed by atoms with E-state index in [-0.39, 0.29) is 32.6 Å². The number of benzene rings is 4. The van der Waals surface area contributed by atoms with Gasteiger partial charge in [0.1, 0.15) is 5.69 Å². The molecule has 0 atom stereocenters. The number of carbonyl (C=O) groups excluding carboxylic acids is 1. The van der Waals surface area contributed by atoms with Gasteiger partial charge in [-0.25, -0.2) is 8.42 Å². The molecule has 0 saturated carbocycles. The van der Waals surface area contributed by atoms with Crippen molar-refractivity contribution in [3.8, 4) is 5.75 Å². The molecule has 0 unspecified atom stereocenters. The topological polar surface area (TPSA) is 108 Å². The Kier molecular flexibility index (Phi) is 6.46. The van der Waals surface area contributed by atoms with E-state index in [1.807, 2.05) is 0 Å². The SMILES string of the molecule is O=C(N=Nc1cc(NS(=O)(=O)c2ccc(Br)cc2)c2ccccc2c1O)c1ccccc1Cl. The van der Waals surface area contributed by atoms with E-state index in [1.165, 1.54) is 24.3 Å². The number of nitrogens with one attached hydrogen (secondary N) is 1. The molecule has 0 radical (unpaired) electrons. The first-order valence-electron chi connectivity index (χ1n) is 9.50. The molecule has 0 aliphatic carbocycles. The van der Waals surface area contributed by atoms with Crippen molar-refractivity contribution in [1.29, 1.82) is 0 Å². The lowest BCUT2D eigenvalue weighted by Crippen LogP contribution is -2.13. The molecule has 2 N–H and O–H groups in total. The number of amides is 1. The van der Waals surface area contributed by atoms with Crippen LogP contribution in [0.4, 0.5) is 11.4 Å². The molecule has 0 aliphatic rings. The molecule has 7 nitrogen and oxygen atoms in total. The van der Waals surface area contributed by atoms with Crippen LogP contribution in [-0.2, 0) is 10.0 Å². The van der Waals surface area contributed by atoms with Gasteiger partial charge >= 0.3 is 0 Å². The zero-order chi connectivity index (χ0) is 23.6. The molecule has 0 fully saturated rings. The number of sulfonamides is 1. The van der Waals surface area contributed by atoms with E-state index in [4.69, 9.17) is 11.6 Å². The second-order valence-corrected chi connectivity index (χ2v) is 9.89. The van der Waals surface area contributed by atoms with E-state index >= 15 is 0 Å². The molecule has 33 heavy (non-hydrogen) atoms. The smallest absolute Gasteiger partial charge is 0.296 e. The predicted molar refractivity (Wildman–Crippen MR) is 131 cm³/mol. The van der Waals surface area contributed by atoms with Crippen molar-refractivity contribution in [1.82, 2.24) is 0 Å². The Labute approximate surface area is 202 Å². The predicted octanol–water partition coefficient (Wildman–Crippen LogP) is 6.69. The maximum Gasteiger partial charge on any atom is 0.296 e. The van der Waals surface area contributed by atoms with Crippen molar-refractivity contribution in [2.45, 2.75) is 4.90 Å². The Bertz CT molecular complexity index is 1510. The van der Waals surface area contributed by atoms with Gasteiger partial charge in [-0.2, -0.15) is 0 Å². The Morgan fingerprint density at radius 1 is 0.939 bits per heavy atom. The minimum atomic E-state index is -3.94. The number of phenolic OH excluding ortho intramolecular Hbond substituents is 1. The number of aromatic hydroxyl groups is 1. The van der Waals surface area contributed by atoms with E-state index in [9.17, 15) is 18.3 Å². The van der Waals surface area contributed by atoms with Crippen LogP contribution in [0, 0.1) is 0 Å². The average Bonchev–Trinajstić information content (AvgIpc) is 2.80. The molecule has 10 heteroatoms. The van der Waals surface area contributed by atoms with Gasteiger partial charge in [-0.15, -0.1) is 10.2 Å². The second kappa shape index (κ2) is 9.30. The standard InChI is InChI=1S/C23H15BrClN3O4S/c24-14-9-11-15(12-10-14)33(31,32)28-20-13-21(22(29)17-6-2-1-5-16(17)20)26-27-23(30)18-7-3-4-8-19(18)25/h1-13,28-29H. The molecule has 166 valence electrons. The molecule has 4 aromatic carbocycles. The fourth-order valence-electron chi connectivity index (χ4n) is 3.11. The van der Waals surface area contributed by atoms with E-state index in [0.717, 1.165) is 4.47 Å². The van der Waals surface area contributed by atoms with Gasteiger partial charge in [0.25, 0.3) is 15.9 Å². The number of azo groups is 1. The van der Waals surface area contributed by atoms with Gasteiger partial charge in [-0.3, -0.25) is 9.52 Å². The maximum absolute atomic E-state index is 12.9. The summed E-state index contributed by atoms with van der Waals surface area (Å²) in [5.41, 5.74) is 0.243. The fraction of sp³-hybridized carbons (Fsp3) is 0. The lowest BCUT2D eigenvalue weighted by molar-refractivity contribution is 0.0995. The van der Waals surface area contributed by atoms with Crippen molar-refractivity contribution in [3.05, 3.63) is 93.9 Å². The number of carbonyl (C=O) groups is 1. The van der Waals surface area contributed by atoms with Gasteiger partial charge in [0.15, 0.2) is 5.75 Å². The number of hydrogen-bond acceptors (Lipinski definition) is 5. The highest BCUT2D eigenvalue weighted by atomic mass is 79.9. The largest absolute Gasteiger partial charge is 0.505 e. The van der Waals surface area contributed by atoms with Crippen LogP contribution in [0.15, 0.2) is 98.5 Å². The summed E-state index contributed by atoms with van der Waals surface area (Å²) in [7, 11) is -3.94. The molecule has 0 aliphatic heterocycles. The third-order valence-corrected chi connectivity index (χ3v) is 6.96. The molecule has 0 saturated heterocycles. The molecule has 4 aromatic rings. The van der Waals surface area contributed by atoms with Crippen molar-refractivity contribution >= 4 is 65.6 Å². The second-order valence-electron chi connectivity index (χ2n) is 6.88. The first-order chi connectivity index (χ1) is 15.8. The van der Waals surface area contributed by atoms with Crippen LogP contribution in [0.1, 0.15) is 10.4 Å². The summed E-state index contributed by atoms with van der Waals surface area (Å²) in [4.78, 5) is 12.5. The molecule has 0 bridgehead atoms. The monoisotopic (exact) mass is 543 g/mol. The summed E-state index contributed by atoms with van der Waals surface area (Å²) in [6.07, 6.45) is 0. The van der Waals surface area contributed by atoms with Gasteiger partial charge in [-0.1, -0.05) is 63.9 Å². The first kappa shape index (κ1) is 22.9. The van der Waals surface area contributed by atoms with Gasteiger partial charge in [0.05, 0.1) is 21.2 Å². The Morgan fingerprint density at radius 3 is 2.27 bits per heavy atom. The highest BCUT2D eigenvalue weighted by Crippen LogP contribution is 2.40. The van der Waals surface area contributed by atoms with E-state index in [0.29, 0.717) is 10.8 Å². The number of hydrogen-bond donors (Lipinski definition) is 2. The zero-order valence-electron chi connectivity index (χ0n) is 16.7. The van der Waals surface area contributed by atoms with Crippen molar-refractivity contribution in [2.75, 3.05) is 4.72 Å². The lowest BCUT2D eigenvalue weighted by Gasteiger charge is -2.13. The summed E-state index contributed by atoms with van der Waals surface area (Å²) in [6.45, 7) is 0. The summed E-state index contributed by atoms with van der Waals surface area (Å²) < 4.78 is 29.1. The van der Waals surface area contributed by atoms with Crippen LogP contribution in [0.3, 0.4) is 0 Å². The molecule has 1 amide bonds. The Balaban J connectivity index is 1.76. The Morgan fingerprint density at radius 2 is 1.58 bits per heavy atom. The fourth-order valence-corrected chi connectivity index (χ4v) is 4.66. The van der Waals surface area contributed by atoms with Gasteiger partial charge < -0.3 is 5.11 Å². The highest BCUT2D eigenvalue weighted by Gasteiger charge is 2.19. The normalized spacial score (nSPS) is 11.7. The quantitative estimate of drug-likeness (QED) is 0.216. The van der Waals surface area contributed by atoms with Crippen molar-refractivity contribution < 1.29 is 18.3 Å². The van der Waals surface area contributed by atoms with Gasteiger partial charge in [-0.05, 0) is 42.5 Å². The van der Waals surface area contributed by atoms with Crippen LogP contribution in [0.25, 0.3) is 10.8 Å². The average molecular weight is 545 g/mol. The summed E-state index contributed by atoms with van der Waals surface area (Å²) in [5.74, 6) is -0.946. The number of phenols is 1. The highest BCUT2D eigenvalue weighted by molar-refractivity contribution is 9.10. The van der Waals surface area contributed by atoms with Crippen molar-refractivity contribution in [3.63, 3.8) is 0 Å². The summed E-state index contributed by atoms with van der Waals surface area (Å²) >= 11 is 9.30. The van der Waals surface area contributed by atoms with E-state index in [2.05, 4.69) is 30.9 Å². The number of halogens is 2. The number of rotatable bonds is 5. The molecular formula is C23H15BrClN3O4S. The molecule has 0 aromatic heterocycles. The number of nitrogens with zero attached hydrogens (tertiary/aromatic N) is 2. The third-order valence-electron chi connectivity index (χ3n) is 4.72. The van der Waals surface area contributed by atoms with E-state index in [1.54, 1.807) is 54.6 Å². The number of anilines is 1. The van der Waals surface area contributed by atoms with Crippen LogP contribution in [0.2, 0.25) is 5.02 Å². The van der Waals surface area contributed by atoms with Crippen molar-refractivity contribution in [2.24, 2.45) is 10.2 Å². The Hall–Kier alpha value is -3.27. The molecule has 0 spiro atoms. The van der Waals surface area contributed by atoms with E-state index < -0.39 is 15.9 Å². The maximum atomic E-state index is 12.9. The lowest BCUT2D eigenvalue weighted by atomic mass is 10.1. The molecule has 4 rings (SSSR count). The summed E-state index contributed by atoms with van der Waals surface area (Å²) in [5, 5.41) is 19.2. The van der Waals surface area contributed by atoms with Crippen LogP contribution in [-0.4, -0.2) is 19.4 Å². The first-order valence-corrected chi connectivity index (χ1v) is 12.2. The van der Waals surface area contributed by atoms with Crippen LogP contribution >= 0.6 is 27.5 Å². The van der Waals surface area contributed by atoms with Crippen LogP contribution in [0.5, 0.6) is 5.75 Å². The van der Waals surface area contributed by atoms with Gasteiger partial charge in [0.2, 0.25) is 0 Å². The number of fused-ring (bicyclic) bond motifs is 1.